The van der Waals surface area contributed by atoms with Crippen molar-refractivity contribution >= 4 is 30.2 Å². The molecule has 1 aromatic rings. The highest BCUT2D eigenvalue weighted by Gasteiger charge is 2.29. The summed E-state index contributed by atoms with van der Waals surface area (Å²) in [7, 11) is 1.58. The Labute approximate surface area is 207 Å². The number of hydrogen-bond donors (Lipinski definition) is 3. The summed E-state index contributed by atoms with van der Waals surface area (Å²) in [6, 6.07) is -0.186. The van der Waals surface area contributed by atoms with E-state index in [0.29, 0.717) is 42.5 Å². The molecule has 188 valence electrons. The number of carbonyl (C=O) groups is 1. The summed E-state index contributed by atoms with van der Waals surface area (Å²) in [4.78, 5) is 22.7. The highest BCUT2D eigenvalue weighted by atomic mass is 16.6. The smallest absolute Gasteiger partial charge is 0.410 e. The van der Waals surface area contributed by atoms with Crippen molar-refractivity contribution in [1.82, 2.24) is 14.9 Å². The molecule has 2 heterocycles. The number of ether oxygens (including phenoxy) is 2. The first kappa shape index (κ1) is 27.4. The van der Waals surface area contributed by atoms with E-state index in [1.165, 1.54) is 6.33 Å². The van der Waals surface area contributed by atoms with Gasteiger partial charge in [-0.3, -0.25) is 5.43 Å². The minimum absolute atomic E-state index is 0.186. The van der Waals surface area contributed by atoms with Gasteiger partial charge in [0.15, 0.2) is 5.82 Å². The molecule has 10 nitrogen and oxygen atoms in total. The van der Waals surface area contributed by atoms with E-state index in [9.17, 15) is 4.79 Å². The number of methoxy groups -OCH3 is 1. The lowest BCUT2D eigenvalue weighted by atomic mass is 10.0. The van der Waals surface area contributed by atoms with Crippen LogP contribution in [-0.4, -0.2) is 65.2 Å². The maximum atomic E-state index is 12.6. The third-order valence-corrected chi connectivity index (χ3v) is 4.95. The predicted octanol–water partition coefficient (Wildman–Crippen LogP) is 4.18. The highest BCUT2D eigenvalue weighted by Crippen LogP contribution is 2.20. The molecule has 0 aromatic carbocycles. The minimum atomic E-state index is -0.561. The van der Waals surface area contributed by atoms with Crippen molar-refractivity contribution in [3.8, 4) is 12.3 Å². The molecule has 0 spiro atoms. The molecule has 35 heavy (non-hydrogen) atoms. The van der Waals surface area contributed by atoms with Crippen molar-refractivity contribution in [3.63, 3.8) is 0 Å². The molecule has 1 aliphatic heterocycles. The summed E-state index contributed by atoms with van der Waals surface area (Å²) >= 11 is 0. The van der Waals surface area contributed by atoms with Gasteiger partial charge in [-0.15, -0.1) is 12.3 Å². The second-order valence-electron chi connectivity index (χ2n) is 8.76. The topological polar surface area (TPSA) is 125 Å². The summed E-state index contributed by atoms with van der Waals surface area (Å²) in [5.74, 6) is 4.03. The quantitative estimate of drug-likeness (QED) is 0.150. The predicted molar refractivity (Wildman–Crippen MR) is 139 cm³/mol. The zero-order valence-corrected chi connectivity index (χ0v) is 20.9. The van der Waals surface area contributed by atoms with Gasteiger partial charge in [0.2, 0.25) is 0 Å². The minimum Gasteiger partial charge on any atom is -0.497 e. The molecule has 0 radical (unpaired) electrons. The summed E-state index contributed by atoms with van der Waals surface area (Å²) < 4.78 is 10.8. The third kappa shape index (κ3) is 9.12. The normalized spacial score (nSPS) is 16.7. The second kappa shape index (κ2) is 13.7. The van der Waals surface area contributed by atoms with E-state index >= 15 is 0 Å². The molecule has 0 bridgehead atoms. The SMILES string of the molecule is C#CC/C=C\C(=C/CNc1ncnc(N/N=C/C2CCCCN2C(=O)OC(C)(C)C)c1C=N)OC. The number of carbonyl (C=O) groups excluding carboxylic acids is 1. The lowest BCUT2D eigenvalue weighted by molar-refractivity contribution is 0.0171. The second-order valence-corrected chi connectivity index (χ2v) is 8.76. The van der Waals surface area contributed by atoms with E-state index in [1.807, 2.05) is 32.9 Å². The molecule has 1 aromatic heterocycles. The highest BCUT2D eigenvalue weighted by molar-refractivity contribution is 5.90. The molecule has 1 aliphatic rings. The summed E-state index contributed by atoms with van der Waals surface area (Å²) in [5.41, 5.74) is 2.77. The standard InChI is InChI=1S/C25H35N7O3/c1-6-7-8-12-20(34-5)13-14-27-22-21(16-26)23(29-18-28-22)31-30-17-19-11-9-10-15-32(19)24(33)35-25(2,3)4/h1,8,12-13,16-19,26H,7,9-11,14-15H2,2-5H3,(H2,27,28,29,31)/b12-8-,20-13+,26-16?,30-17+. The molecule has 1 unspecified atom stereocenters. The van der Waals surface area contributed by atoms with Crippen LogP contribution in [0, 0.1) is 17.8 Å². The Morgan fingerprint density at radius 2 is 2.14 bits per heavy atom. The Morgan fingerprint density at radius 1 is 1.37 bits per heavy atom. The van der Waals surface area contributed by atoms with Gasteiger partial charge in [-0.05, 0) is 52.2 Å². The number of aromatic nitrogens is 2. The van der Waals surface area contributed by atoms with Gasteiger partial charge in [0.25, 0.3) is 0 Å². The van der Waals surface area contributed by atoms with Crippen molar-refractivity contribution in [2.24, 2.45) is 5.10 Å². The Kier molecular flexibility index (Phi) is 10.8. The summed E-state index contributed by atoms with van der Waals surface area (Å²) in [6.07, 6.45) is 17.8. The number of hydrogen-bond acceptors (Lipinski definition) is 9. The van der Waals surface area contributed by atoms with Gasteiger partial charge in [-0.1, -0.05) is 6.08 Å². The van der Waals surface area contributed by atoms with Gasteiger partial charge in [0, 0.05) is 31.9 Å². The maximum Gasteiger partial charge on any atom is 0.410 e. The fourth-order valence-corrected chi connectivity index (χ4v) is 3.32. The van der Waals surface area contributed by atoms with Crippen molar-refractivity contribution in [1.29, 1.82) is 5.41 Å². The van der Waals surface area contributed by atoms with Gasteiger partial charge in [-0.2, -0.15) is 5.10 Å². The van der Waals surface area contributed by atoms with Crippen molar-refractivity contribution in [3.05, 3.63) is 35.9 Å². The number of nitrogens with one attached hydrogen (secondary N) is 3. The van der Waals surface area contributed by atoms with Crippen LogP contribution in [0.2, 0.25) is 0 Å². The molecule has 1 saturated heterocycles. The van der Waals surface area contributed by atoms with Crippen molar-refractivity contribution in [2.45, 2.75) is 58.1 Å². The zero-order chi connectivity index (χ0) is 25.7. The molecular weight excluding hydrogens is 446 g/mol. The van der Waals surface area contributed by atoms with Crippen molar-refractivity contribution in [2.75, 3.05) is 30.9 Å². The molecule has 1 amide bonds. The molecule has 0 saturated carbocycles. The van der Waals surface area contributed by atoms with E-state index in [0.717, 1.165) is 25.5 Å². The first-order chi connectivity index (χ1) is 16.8. The number of terminal acetylenes is 1. The van der Waals surface area contributed by atoms with Crippen molar-refractivity contribution < 1.29 is 14.3 Å². The fraction of sp³-hybridized carbons (Fsp3) is 0.480. The van der Waals surface area contributed by atoms with E-state index in [1.54, 1.807) is 24.3 Å². The first-order valence-corrected chi connectivity index (χ1v) is 11.5. The Balaban J connectivity index is 2.06. The number of anilines is 2. The lowest BCUT2D eigenvalue weighted by Gasteiger charge is -2.34. The average molecular weight is 482 g/mol. The third-order valence-electron chi connectivity index (χ3n) is 4.95. The summed E-state index contributed by atoms with van der Waals surface area (Å²) in [6.45, 7) is 6.58. The van der Waals surface area contributed by atoms with Gasteiger partial charge >= 0.3 is 6.09 Å². The first-order valence-electron chi connectivity index (χ1n) is 11.5. The molecule has 3 N–H and O–H groups in total. The van der Waals surface area contributed by atoms with Crippen LogP contribution in [0.1, 0.15) is 52.0 Å². The summed E-state index contributed by atoms with van der Waals surface area (Å²) in [5, 5.41) is 15.3. The van der Waals surface area contributed by atoms with Crippen LogP contribution in [-0.2, 0) is 9.47 Å². The van der Waals surface area contributed by atoms with E-state index < -0.39 is 5.60 Å². The lowest BCUT2D eigenvalue weighted by Crippen LogP contribution is -2.47. The number of nitrogens with zero attached hydrogens (tertiary/aromatic N) is 4. The Bertz CT molecular complexity index is 990. The van der Waals surface area contributed by atoms with Crippen LogP contribution in [0.3, 0.4) is 0 Å². The number of piperidine rings is 1. The fourth-order valence-electron chi connectivity index (χ4n) is 3.32. The van der Waals surface area contributed by atoms with Gasteiger partial charge < -0.3 is 25.1 Å². The number of allylic oxidation sites excluding steroid dienone is 2. The monoisotopic (exact) mass is 481 g/mol. The number of amides is 1. The molecule has 0 aliphatic carbocycles. The van der Waals surface area contributed by atoms with Crippen LogP contribution in [0.25, 0.3) is 0 Å². The van der Waals surface area contributed by atoms with E-state index in [4.69, 9.17) is 21.3 Å². The number of likely N-dealkylation sites (tertiary alicyclic amines) is 1. The molecule has 1 fully saturated rings. The number of rotatable bonds is 10. The van der Waals surface area contributed by atoms with Crippen LogP contribution in [0.4, 0.5) is 16.4 Å². The zero-order valence-electron chi connectivity index (χ0n) is 20.9. The van der Waals surface area contributed by atoms with Crippen LogP contribution in [0.5, 0.6) is 0 Å². The number of hydrazone groups is 1. The molecule has 2 rings (SSSR count). The Morgan fingerprint density at radius 3 is 2.83 bits per heavy atom. The van der Waals surface area contributed by atoms with E-state index in [2.05, 4.69) is 31.7 Å². The van der Waals surface area contributed by atoms with Gasteiger partial charge in [0.05, 0.1) is 18.7 Å². The largest absolute Gasteiger partial charge is 0.497 e. The average Bonchev–Trinajstić information content (AvgIpc) is 2.82. The van der Waals surface area contributed by atoms with Crippen LogP contribution >= 0.6 is 0 Å². The van der Waals surface area contributed by atoms with Gasteiger partial charge in [-0.25, -0.2) is 14.8 Å². The Hall–Kier alpha value is -3.87. The molecule has 1 atom stereocenters. The van der Waals surface area contributed by atoms with E-state index in [-0.39, 0.29) is 12.1 Å². The van der Waals surface area contributed by atoms with Gasteiger partial charge in [0.1, 0.15) is 23.5 Å². The van der Waals surface area contributed by atoms with Crippen LogP contribution < -0.4 is 10.7 Å². The molecule has 10 heteroatoms. The van der Waals surface area contributed by atoms with Crippen LogP contribution in [0.15, 0.2) is 35.4 Å². The maximum absolute atomic E-state index is 12.6. The molecular formula is C25H35N7O3.